The highest BCUT2D eigenvalue weighted by Crippen LogP contribution is 2.16. The van der Waals surface area contributed by atoms with Crippen LogP contribution in [0.4, 0.5) is 0 Å². The van der Waals surface area contributed by atoms with Crippen molar-refractivity contribution in [1.82, 2.24) is 0 Å². The molecule has 0 fully saturated rings. The third-order valence-corrected chi connectivity index (χ3v) is 12.4. The Morgan fingerprint density at radius 3 is 0.957 bits per heavy atom. The van der Waals surface area contributed by atoms with Gasteiger partial charge in [-0.1, -0.05) is 254 Å². The summed E-state index contributed by atoms with van der Waals surface area (Å²) in [6.45, 7) is 6.47. The number of unbranched alkanes of at least 4 members (excludes halogenated alkanes) is 27. The van der Waals surface area contributed by atoms with Crippen LogP contribution in [0.5, 0.6) is 0 Å². The second-order valence-electron chi connectivity index (χ2n) is 19.2. The molecule has 1 unspecified atom stereocenters. The summed E-state index contributed by atoms with van der Waals surface area (Å²) in [4.78, 5) is 38.2. The molecule has 0 bridgehead atoms. The lowest BCUT2D eigenvalue weighted by Crippen LogP contribution is -2.30. The van der Waals surface area contributed by atoms with E-state index in [0.29, 0.717) is 19.3 Å². The third kappa shape index (κ3) is 55.4. The van der Waals surface area contributed by atoms with Crippen LogP contribution >= 0.6 is 0 Å². The van der Waals surface area contributed by atoms with Gasteiger partial charge in [-0.3, -0.25) is 14.4 Å². The lowest BCUT2D eigenvalue weighted by molar-refractivity contribution is -0.167. The van der Waals surface area contributed by atoms with E-state index in [1.54, 1.807) is 0 Å². The minimum absolute atomic E-state index is 0.101. The van der Waals surface area contributed by atoms with Gasteiger partial charge in [0.25, 0.3) is 0 Å². The van der Waals surface area contributed by atoms with Crippen LogP contribution in [0.1, 0.15) is 278 Å². The van der Waals surface area contributed by atoms with Crippen molar-refractivity contribution in [2.24, 2.45) is 0 Å². The molecule has 0 aliphatic rings. The first-order chi connectivity index (χ1) is 34.0. The fourth-order valence-corrected chi connectivity index (χ4v) is 8.04. The molecule has 0 heterocycles. The quantitative estimate of drug-likeness (QED) is 0.0262. The highest BCUT2D eigenvalue weighted by atomic mass is 16.6. The van der Waals surface area contributed by atoms with E-state index in [0.717, 1.165) is 96.3 Å². The number of rotatable bonds is 52. The first kappa shape index (κ1) is 65.6. The summed E-state index contributed by atoms with van der Waals surface area (Å²) in [5.74, 6) is -0.963. The highest BCUT2D eigenvalue weighted by Gasteiger charge is 2.19. The van der Waals surface area contributed by atoms with Crippen molar-refractivity contribution in [3.63, 3.8) is 0 Å². The molecule has 0 aromatic rings. The predicted octanol–water partition coefficient (Wildman–Crippen LogP) is 19.5. The largest absolute Gasteiger partial charge is 0.462 e. The first-order valence-corrected chi connectivity index (χ1v) is 29.1. The Kier molecular flexibility index (Phi) is 54.3. The molecule has 0 spiro atoms. The summed E-state index contributed by atoms with van der Waals surface area (Å²) >= 11 is 0. The van der Waals surface area contributed by atoms with E-state index in [4.69, 9.17) is 14.2 Å². The van der Waals surface area contributed by atoms with Gasteiger partial charge in [-0.05, 0) is 89.9 Å². The number of hydrogen-bond donors (Lipinski definition) is 0. The van der Waals surface area contributed by atoms with Gasteiger partial charge in [-0.25, -0.2) is 0 Å². The minimum atomic E-state index is -0.810. The number of allylic oxidation sites excluding steroid dienone is 14. The number of carbonyl (C=O) groups is 3. The maximum Gasteiger partial charge on any atom is 0.306 e. The van der Waals surface area contributed by atoms with Crippen molar-refractivity contribution in [3.05, 3.63) is 85.1 Å². The van der Waals surface area contributed by atoms with E-state index in [1.165, 1.54) is 135 Å². The van der Waals surface area contributed by atoms with E-state index >= 15 is 0 Å². The molecule has 0 saturated heterocycles. The van der Waals surface area contributed by atoms with Gasteiger partial charge < -0.3 is 14.2 Å². The standard InChI is InChI=1S/C63H108O6/c1-4-7-10-13-16-19-22-25-28-31-33-35-38-41-44-47-50-53-56-62(65)68-59-60(58-67-61(64)55-52-49-46-43-40-37-34-30-27-24-21-18-15-12-9-6-3)69-63(66)57-54-51-48-45-42-39-36-32-29-26-23-20-17-14-11-8-5-2/h9,12,17-18,20-21,26-27,29-30,36,39,45,48,60H,4-8,10-11,13-16,19,22-25,28,31-35,37-38,40-44,46-47,49-59H2,1-3H3/b12-9-,20-17-,21-18-,29-26-,30-27-,39-36-,48-45-. The van der Waals surface area contributed by atoms with Gasteiger partial charge >= 0.3 is 17.9 Å². The number of esters is 3. The van der Waals surface area contributed by atoms with Gasteiger partial charge in [0, 0.05) is 19.3 Å². The molecule has 0 radical (unpaired) electrons. The molecular formula is C63H108O6. The molecule has 6 nitrogen and oxygen atoms in total. The van der Waals surface area contributed by atoms with Gasteiger partial charge in [0.2, 0.25) is 0 Å². The number of carbonyl (C=O) groups excluding carboxylic acids is 3. The van der Waals surface area contributed by atoms with Crippen molar-refractivity contribution in [2.45, 2.75) is 284 Å². The Hall–Kier alpha value is -3.41. The molecule has 396 valence electrons. The smallest absolute Gasteiger partial charge is 0.306 e. The van der Waals surface area contributed by atoms with Crippen molar-refractivity contribution in [3.8, 4) is 0 Å². The Labute approximate surface area is 426 Å². The predicted molar refractivity (Wildman–Crippen MR) is 297 cm³/mol. The van der Waals surface area contributed by atoms with Crippen LogP contribution in [0.25, 0.3) is 0 Å². The Morgan fingerprint density at radius 2 is 0.580 bits per heavy atom. The van der Waals surface area contributed by atoms with E-state index in [2.05, 4.69) is 106 Å². The minimum Gasteiger partial charge on any atom is -0.462 e. The topological polar surface area (TPSA) is 78.9 Å². The zero-order chi connectivity index (χ0) is 50.0. The van der Waals surface area contributed by atoms with Crippen LogP contribution in [0.2, 0.25) is 0 Å². The van der Waals surface area contributed by atoms with Crippen molar-refractivity contribution >= 4 is 17.9 Å². The molecule has 1 atom stereocenters. The van der Waals surface area contributed by atoms with Gasteiger partial charge in [-0.15, -0.1) is 0 Å². The van der Waals surface area contributed by atoms with Crippen LogP contribution in [0, 0.1) is 0 Å². The van der Waals surface area contributed by atoms with Gasteiger partial charge in [0.15, 0.2) is 6.10 Å². The van der Waals surface area contributed by atoms with Gasteiger partial charge in [-0.2, -0.15) is 0 Å². The molecule has 6 heteroatoms. The molecule has 0 amide bonds. The summed E-state index contributed by atoms with van der Waals surface area (Å²) in [6, 6.07) is 0. The van der Waals surface area contributed by atoms with Crippen molar-refractivity contribution < 1.29 is 28.6 Å². The highest BCUT2D eigenvalue weighted by molar-refractivity contribution is 5.71. The van der Waals surface area contributed by atoms with E-state index < -0.39 is 6.10 Å². The summed E-state index contributed by atoms with van der Waals surface area (Å²) in [5, 5.41) is 0. The molecule has 69 heavy (non-hydrogen) atoms. The lowest BCUT2D eigenvalue weighted by Gasteiger charge is -2.18. The average molecular weight is 962 g/mol. The van der Waals surface area contributed by atoms with E-state index in [1.807, 2.05) is 0 Å². The van der Waals surface area contributed by atoms with Crippen LogP contribution in [0.15, 0.2) is 85.1 Å². The Balaban J connectivity index is 4.46. The normalized spacial score (nSPS) is 12.7. The van der Waals surface area contributed by atoms with Gasteiger partial charge in [0.1, 0.15) is 13.2 Å². The second-order valence-corrected chi connectivity index (χ2v) is 19.2. The maximum atomic E-state index is 12.8. The lowest BCUT2D eigenvalue weighted by atomic mass is 10.0. The van der Waals surface area contributed by atoms with Crippen LogP contribution in [-0.4, -0.2) is 37.2 Å². The number of hydrogen-bond acceptors (Lipinski definition) is 6. The SMILES string of the molecule is CC/C=C\C/C=C\C/C=C\CCCCCCCCC(=O)OCC(COC(=O)CCCCCCCCCCCCCCCCCCCC)OC(=O)CCC/C=C\C/C=C\C/C=C\C/C=C\CCCCC. The molecule has 0 aromatic heterocycles. The van der Waals surface area contributed by atoms with Crippen LogP contribution in [-0.2, 0) is 28.6 Å². The molecule has 0 N–H and O–H groups in total. The summed E-state index contributed by atoms with van der Waals surface area (Å²) in [6.07, 6.45) is 74.3. The molecule has 0 aliphatic carbocycles. The van der Waals surface area contributed by atoms with Crippen LogP contribution < -0.4 is 0 Å². The second kappa shape index (κ2) is 57.2. The fraction of sp³-hybridized carbons (Fsp3) is 0.730. The summed E-state index contributed by atoms with van der Waals surface area (Å²) in [5.41, 5.74) is 0. The molecule has 0 rings (SSSR count). The molecular weight excluding hydrogens is 853 g/mol. The van der Waals surface area contributed by atoms with Gasteiger partial charge in [0.05, 0.1) is 0 Å². The van der Waals surface area contributed by atoms with E-state index in [-0.39, 0.29) is 37.5 Å². The Bertz CT molecular complexity index is 1330. The zero-order valence-electron chi connectivity index (χ0n) is 45.3. The van der Waals surface area contributed by atoms with Crippen molar-refractivity contribution in [2.75, 3.05) is 13.2 Å². The molecule has 0 aromatic carbocycles. The Morgan fingerprint density at radius 1 is 0.304 bits per heavy atom. The fourth-order valence-electron chi connectivity index (χ4n) is 8.04. The zero-order valence-corrected chi connectivity index (χ0v) is 45.3. The van der Waals surface area contributed by atoms with E-state index in [9.17, 15) is 14.4 Å². The third-order valence-electron chi connectivity index (χ3n) is 12.4. The number of ether oxygens (including phenoxy) is 3. The molecule has 0 aliphatic heterocycles. The summed E-state index contributed by atoms with van der Waals surface area (Å²) in [7, 11) is 0. The maximum absolute atomic E-state index is 12.8. The first-order valence-electron chi connectivity index (χ1n) is 29.1. The van der Waals surface area contributed by atoms with Crippen molar-refractivity contribution in [1.29, 1.82) is 0 Å². The molecule has 0 saturated carbocycles. The monoisotopic (exact) mass is 961 g/mol. The summed E-state index contributed by atoms with van der Waals surface area (Å²) < 4.78 is 16.8. The average Bonchev–Trinajstić information content (AvgIpc) is 3.35. The van der Waals surface area contributed by atoms with Crippen LogP contribution in [0.3, 0.4) is 0 Å².